The summed E-state index contributed by atoms with van der Waals surface area (Å²) in [5, 5.41) is 0. The molecule has 1 heterocycles. The molecule has 1 aliphatic carbocycles. The van der Waals surface area contributed by atoms with E-state index in [1.165, 1.54) is 19.4 Å². The number of nitrogens with zero attached hydrogens (tertiary/aromatic N) is 1. The van der Waals surface area contributed by atoms with Crippen LogP contribution in [0.1, 0.15) is 32.6 Å². The van der Waals surface area contributed by atoms with Gasteiger partial charge in [-0.1, -0.05) is 6.92 Å². The van der Waals surface area contributed by atoms with Crippen LogP contribution < -0.4 is 0 Å². The van der Waals surface area contributed by atoms with Crippen LogP contribution in [0, 0.1) is 5.41 Å². The van der Waals surface area contributed by atoms with Crippen LogP contribution in [0.2, 0.25) is 0 Å². The lowest BCUT2D eigenvalue weighted by molar-refractivity contribution is 0.132. The molecular formula is C10H18FN. The van der Waals surface area contributed by atoms with Crippen molar-refractivity contribution in [3.05, 3.63) is 0 Å². The number of halogens is 1. The predicted octanol–water partition coefficient (Wildman–Crippen LogP) is 2.22. The molecule has 2 rings (SSSR count). The first-order chi connectivity index (χ1) is 5.68. The van der Waals surface area contributed by atoms with E-state index in [-0.39, 0.29) is 0 Å². The van der Waals surface area contributed by atoms with Crippen LogP contribution in [0.4, 0.5) is 4.39 Å². The maximum atomic E-state index is 12.8. The quantitative estimate of drug-likeness (QED) is 0.615. The summed E-state index contributed by atoms with van der Waals surface area (Å²) < 4.78 is 12.8. The lowest BCUT2D eigenvalue weighted by Gasteiger charge is -2.30. The Morgan fingerprint density at radius 3 is 2.42 bits per heavy atom. The molecule has 0 bridgehead atoms. The lowest BCUT2D eigenvalue weighted by atomic mass is 10.1. The molecule has 1 aliphatic heterocycles. The van der Waals surface area contributed by atoms with Crippen molar-refractivity contribution in [1.29, 1.82) is 0 Å². The first-order valence-electron chi connectivity index (χ1n) is 5.04. The molecule has 0 unspecified atom stereocenters. The lowest BCUT2D eigenvalue weighted by Crippen LogP contribution is -2.37. The Bertz CT molecular complexity index is 157. The molecule has 0 aromatic carbocycles. The third-order valence-corrected chi connectivity index (χ3v) is 3.23. The van der Waals surface area contributed by atoms with Crippen LogP contribution in [-0.2, 0) is 0 Å². The second-order valence-electron chi connectivity index (χ2n) is 4.76. The summed E-state index contributed by atoms with van der Waals surface area (Å²) in [6.07, 6.45) is 3.75. The van der Waals surface area contributed by atoms with Gasteiger partial charge in [0.15, 0.2) is 0 Å². The van der Waals surface area contributed by atoms with Gasteiger partial charge >= 0.3 is 0 Å². The molecule has 0 aromatic rings. The van der Waals surface area contributed by atoms with E-state index in [0.29, 0.717) is 5.41 Å². The molecule has 1 saturated heterocycles. The third-order valence-electron chi connectivity index (χ3n) is 3.23. The molecule has 0 atom stereocenters. The molecule has 1 saturated carbocycles. The molecule has 1 nitrogen and oxygen atoms in total. The van der Waals surface area contributed by atoms with Gasteiger partial charge in [-0.15, -0.1) is 0 Å². The Morgan fingerprint density at radius 1 is 1.33 bits per heavy atom. The van der Waals surface area contributed by atoms with E-state index in [2.05, 4.69) is 11.8 Å². The molecule has 70 valence electrons. The van der Waals surface area contributed by atoms with Gasteiger partial charge in [-0.2, -0.15) is 0 Å². The molecule has 2 aliphatic rings. The van der Waals surface area contributed by atoms with Gasteiger partial charge in [-0.05, 0) is 31.1 Å². The minimum absolute atomic E-state index is 0.520. The predicted molar refractivity (Wildman–Crippen MR) is 47.9 cm³/mol. The van der Waals surface area contributed by atoms with E-state index in [4.69, 9.17) is 0 Å². The van der Waals surface area contributed by atoms with Gasteiger partial charge in [0.05, 0.1) is 0 Å². The fraction of sp³-hybridized carbons (Fsp3) is 1.00. The molecule has 0 spiro atoms. The Hall–Kier alpha value is -0.110. The average Bonchev–Trinajstić information content (AvgIpc) is 2.74. The highest BCUT2D eigenvalue weighted by Crippen LogP contribution is 2.45. The Labute approximate surface area is 73.9 Å². The Balaban J connectivity index is 1.75. The van der Waals surface area contributed by atoms with Crippen molar-refractivity contribution in [2.24, 2.45) is 5.41 Å². The van der Waals surface area contributed by atoms with Crippen LogP contribution in [0.25, 0.3) is 0 Å². The number of likely N-dealkylation sites (tertiary alicyclic amines) is 1. The van der Waals surface area contributed by atoms with E-state index >= 15 is 0 Å². The van der Waals surface area contributed by atoms with E-state index in [0.717, 1.165) is 25.9 Å². The zero-order valence-corrected chi connectivity index (χ0v) is 7.85. The normalized spacial score (nSPS) is 30.5. The van der Waals surface area contributed by atoms with Crippen molar-refractivity contribution in [3.63, 3.8) is 0 Å². The van der Waals surface area contributed by atoms with Crippen molar-refractivity contribution in [3.8, 4) is 0 Å². The molecule has 0 amide bonds. The molecule has 2 heteroatoms. The molecule has 12 heavy (non-hydrogen) atoms. The van der Waals surface area contributed by atoms with Gasteiger partial charge in [0, 0.05) is 19.6 Å². The first-order valence-corrected chi connectivity index (χ1v) is 5.04. The summed E-state index contributed by atoms with van der Waals surface area (Å²) in [7, 11) is 0. The highest BCUT2D eigenvalue weighted by molar-refractivity contribution is 4.92. The summed E-state index contributed by atoms with van der Waals surface area (Å²) in [6, 6.07) is 0. The molecular weight excluding hydrogens is 153 g/mol. The van der Waals surface area contributed by atoms with Gasteiger partial charge in [0.2, 0.25) is 0 Å². The zero-order chi connectivity index (χ0) is 8.60. The summed E-state index contributed by atoms with van der Waals surface area (Å²) >= 11 is 0. The average molecular weight is 171 g/mol. The van der Waals surface area contributed by atoms with Crippen LogP contribution in [0.15, 0.2) is 0 Å². The minimum atomic E-state index is -0.520. The van der Waals surface area contributed by atoms with Crippen molar-refractivity contribution >= 4 is 0 Å². The number of piperidine rings is 1. The van der Waals surface area contributed by atoms with Crippen LogP contribution >= 0.6 is 0 Å². The standard InChI is InChI=1S/C10H18FN/c1-10(4-5-10)8-12-6-2-9(11)3-7-12/h9H,2-8H2,1H3. The van der Waals surface area contributed by atoms with Gasteiger partial charge in [-0.25, -0.2) is 4.39 Å². The molecule has 0 N–H and O–H groups in total. The maximum Gasteiger partial charge on any atom is 0.103 e. The van der Waals surface area contributed by atoms with Gasteiger partial charge in [0.1, 0.15) is 6.17 Å². The smallest absolute Gasteiger partial charge is 0.103 e. The number of rotatable bonds is 2. The SMILES string of the molecule is CC1(CN2CCC(F)CC2)CC1. The van der Waals surface area contributed by atoms with Crippen molar-refractivity contribution < 1.29 is 4.39 Å². The summed E-state index contributed by atoms with van der Waals surface area (Å²) in [5.74, 6) is 0. The van der Waals surface area contributed by atoms with Crippen molar-refractivity contribution in [2.75, 3.05) is 19.6 Å². The highest BCUT2D eigenvalue weighted by Gasteiger charge is 2.39. The summed E-state index contributed by atoms with van der Waals surface area (Å²) in [5.41, 5.74) is 0.600. The van der Waals surface area contributed by atoms with E-state index < -0.39 is 6.17 Å². The van der Waals surface area contributed by atoms with Gasteiger partial charge in [0.25, 0.3) is 0 Å². The fourth-order valence-electron chi connectivity index (χ4n) is 1.97. The van der Waals surface area contributed by atoms with E-state index in [1.54, 1.807) is 0 Å². The molecule has 2 fully saturated rings. The van der Waals surface area contributed by atoms with Crippen LogP contribution in [0.3, 0.4) is 0 Å². The van der Waals surface area contributed by atoms with Crippen molar-refractivity contribution in [2.45, 2.75) is 38.8 Å². The number of hydrogen-bond donors (Lipinski definition) is 0. The van der Waals surface area contributed by atoms with Crippen LogP contribution in [-0.4, -0.2) is 30.7 Å². The van der Waals surface area contributed by atoms with E-state index in [1.807, 2.05) is 0 Å². The Kier molecular flexibility index (Phi) is 2.11. The first kappa shape index (κ1) is 8.49. The maximum absolute atomic E-state index is 12.8. The van der Waals surface area contributed by atoms with Gasteiger partial charge in [-0.3, -0.25) is 0 Å². The largest absolute Gasteiger partial charge is 0.303 e. The van der Waals surface area contributed by atoms with Crippen molar-refractivity contribution in [1.82, 2.24) is 4.90 Å². The monoisotopic (exact) mass is 171 g/mol. The topological polar surface area (TPSA) is 3.24 Å². The second-order valence-corrected chi connectivity index (χ2v) is 4.76. The number of hydrogen-bond acceptors (Lipinski definition) is 1. The zero-order valence-electron chi connectivity index (χ0n) is 7.85. The summed E-state index contributed by atoms with van der Waals surface area (Å²) in [4.78, 5) is 2.43. The van der Waals surface area contributed by atoms with E-state index in [9.17, 15) is 4.39 Å². The highest BCUT2D eigenvalue weighted by atomic mass is 19.1. The molecule has 0 aromatic heterocycles. The fourth-order valence-corrected chi connectivity index (χ4v) is 1.97. The molecule has 0 radical (unpaired) electrons. The third kappa shape index (κ3) is 1.98. The summed E-state index contributed by atoms with van der Waals surface area (Å²) in [6.45, 7) is 5.52. The van der Waals surface area contributed by atoms with Crippen LogP contribution in [0.5, 0.6) is 0 Å². The Morgan fingerprint density at radius 2 is 1.92 bits per heavy atom. The minimum Gasteiger partial charge on any atom is -0.303 e. The second kappa shape index (κ2) is 2.99. The number of alkyl halides is 1. The van der Waals surface area contributed by atoms with Gasteiger partial charge < -0.3 is 4.90 Å².